The van der Waals surface area contributed by atoms with Gasteiger partial charge < -0.3 is 36.3 Å². The maximum Gasteiger partial charge on any atom is 0.432 e. The molecule has 1 saturated heterocycles. The summed E-state index contributed by atoms with van der Waals surface area (Å²) in [6.07, 6.45) is -0.971. The summed E-state index contributed by atoms with van der Waals surface area (Å²) in [5.74, 6) is -1.16. The standard InChI is InChI=1S/C24H37N7O6/c1-16(25-4)12-26-22(34)29-17(2)13-27-23(35)30(15-19-8-6-5-7-9-19)18(3)14-28-24(36)37-31-20(32)10-11-21(31)33/h5-9,16-18,25H,10-15H2,1-4H3,(H,27,35)(H,28,36)(H2,26,29,34)/t16?,17-,18?/m0/s1. The molecule has 0 aliphatic carbocycles. The van der Waals surface area contributed by atoms with Crippen LogP contribution in [0.5, 0.6) is 0 Å². The Morgan fingerprint density at radius 1 is 0.919 bits per heavy atom. The van der Waals surface area contributed by atoms with E-state index in [1.165, 1.54) is 4.90 Å². The van der Waals surface area contributed by atoms with Crippen molar-refractivity contribution in [2.24, 2.45) is 0 Å². The summed E-state index contributed by atoms with van der Waals surface area (Å²) in [5.41, 5.74) is 0.879. The molecule has 204 valence electrons. The summed E-state index contributed by atoms with van der Waals surface area (Å²) in [4.78, 5) is 66.9. The molecule has 0 saturated carbocycles. The lowest BCUT2D eigenvalue weighted by Crippen LogP contribution is -2.53. The number of amides is 7. The Morgan fingerprint density at radius 3 is 2.16 bits per heavy atom. The smallest absolute Gasteiger partial charge is 0.337 e. The van der Waals surface area contributed by atoms with Gasteiger partial charge in [-0.2, -0.15) is 0 Å². The first-order valence-corrected chi connectivity index (χ1v) is 12.2. The van der Waals surface area contributed by atoms with Crippen molar-refractivity contribution in [3.05, 3.63) is 35.9 Å². The zero-order chi connectivity index (χ0) is 27.4. The van der Waals surface area contributed by atoms with Gasteiger partial charge in [0.15, 0.2) is 0 Å². The molecule has 2 unspecified atom stereocenters. The van der Waals surface area contributed by atoms with Gasteiger partial charge in [0.25, 0.3) is 11.8 Å². The van der Waals surface area contributed by atoms with E-state index >= 15 is 0 Å². The highest BCUT2D eigenvalue weighted by Crippen LogP contribution is 2.12. The van der Waals surface area contributed by atoms with Gasteiger partial charge in [0.05, 0.1) is 0 Å². The third-order valence-electron chi connectivity index (χ3n) is 5.71. The van der Waals surface area contributed by atoms with Gasteiger partial charge in [-0.25, -0.2) is 14.4 Å². The van der Waals surface area contributed by atoms with Crippen LogP contribution < -0.4 is 26.6 Å². The molecule has 1 heterocycles. The number of likely N-dealkylation sites (N-methyl/N-ethyl adjacent to an activating group) is 1. The molecule has 5 N–H and O–H groups in total. The molecule has 37 heavy (non-hydrogen) atoms. The first kappa shape index (κ1) is 29.4. The molecule has 1 aliphatic heterocycles. The molecule has 0 aromatic heterocycles. The van der Waals surface area contributed by atoms with E-state index in [1.54, 1.807) is 20.9 Å². The zero-order valence-corrected chi connectivity index (χ0v) is 21.7. The number of hydrogen-bond donors (Lipinski definition) is 5. The SMILES string of the molecule is CNC(C)CNC(=O)N[C@@H](C)CNC(=O)N(Cc1ccccc1)C(C)CNC(=O)ON1C(=O)CCC1=O. The van der Waals surface area contributed by atoms with E-state index in [2.05, 4.69) is 26.6 Å². The van der Waals surface area contributed by atoms with Crippen molar-refractivity contribution in [1.29, 1.82) is 0 Å². The molecular weight excluding hydrogens is 482 g/mol. The first-order chi connectivity index (χ1) is 17.6. The van der Waals surface area contributed by atoms with Gasteiger partial charge in [-0.3, -0.25) is 9.59 Å². The summed E-state index contributed by atoms with van der Waals surface area (Å²) in [5, 5.41) is 14.3. The molecule has 0 radical (unpaired) electrons. The number of rotatable bonds is 12. The average Bonchev–Trinajstić information content (AvgIpc) is 3.20. The minimum absolute atomic E-state index is 0.00243. The van der Waals surface area contributed by atoms with Crippen molar-refractivity contribution in [3.8, 4) is 0 Å². The maximum atomic E-state index is 13.1. The third kappa shape index (κ3) is 9.95. The van der Waals surface area contributed by atoms with Gasteiger partial charge in [0.1, 0.15) is 0 Å². The molecule has 1 aromatic carbocycles. The van der Waals surface area contributed by atoms with E-state index in [1.807, 2.05) is 37.3 Å². The van der Waals surface area contributed by atoms with Crippen molar-refractivity contribution >= 4 is 30.0 Å². The van der Waals surface area contributed by atoms with E-state index in [-0.39, 0.29) is 50.6 Å². The number of nitrogens with zero attached hydrogens (tertiary/aromatic N) is 2. The van der Waals surface area contributed by atoms with E-state index in [4.69, 9.17) is 4.84 Å². The lowest BCUT2D eigenvalue weighted by atomic mass is 10.2. The molecule has 0 spiro atoms. The van der Waals surface area contributed by atoms with Gasteiger partial charge in [0, 0.05) is 57.1 Å². The summed E-state index contributed by atoms with van der Waals surface area (Å²) >= 11 is 0. The Bertz CT molecular complexity index is 929. The van der Waals surface area contributed by atoms with Crippen LogP contribution in [0.15, 0.2) is 30.3 Å². The van der Waals surface area contributed by atoms with Gasteiger partial charge in [-0.15, -0.1) is 5.06 Å². The van der Waals surface area contributed by atoms with Gasteiger partial charge >= 0.3 is 18.2 Å². The van der Waals surface area contributed by atoms with Crippen LogP contribution in [0.25, 0.3) is 0 Å². The fraction of sp³-hybridized carbons (Fsp3) is 0.542. The Morgan fingerprint density at radius 2 is 1.54 bits per heavy atom. The fourth-order valence-electron chi connectivity index (χ4n) is 3.34. The van der Waals surface area contributed by atoms with Gasteiger partial charge in [0.2, 0.25) is 0 Å². The minimum Gasteiger partial charge on any atom is -0.337 e. The molecule has 7 amide bonds. The second-order valence-corrected chi connectivity index (χ2v) is 8.94. The molecule has 13 heteroatoms. The Kier molecular flexibility index (Phi) is 11.6. The van der Waals surface area contributed by atoms with Crippen molar-refractivity contribution < 1.29 is 28.8 Å². The Balaban J connectivity index is 1.91. The second-order valence-electron chi connectivity index (χ2n) is 8.94. The largest absolute Gasteiger partial charge is 0.432 e. The summed E-state index contributed by atoms with van der Waals surface area (Å²) < 4.78 is 0. The van der Waals surface area contributed by atoms with Crippen LogP contribution in [-0.4, -0.2) is 84.7 Å². The maximum absolute atomic E-state index is 13.1. The van der Waals surface area contributed by atoms with Crippen LogP contribution in [0, 0.1) is 0 Å². The number of carbonyl (C=O) groups excluding carboxylic acids is 5. The summed E-state index contributed by atoms with van der Waals surface area (Å²) in [6, 6.07) is 7.90. The summed E-state index contributed by atoms with van der Waals surface area (Å²) in [6.45, 7) is 6.36. The molecule has 13 nitrogen and oxygen atoms in total. The predicted octanol–water partition coefficient (Wildman–Crippen LogP) is 0.673. The lowest BCUT2D eigenvalue weighted by Gasteiger charge is -2.30. The van der Waals surface area contributed by atoms with Crippen molar-refractivity contribution in [3.63, 3.8) is 0 Å². The Hall–Kier alpha value is -3.87. The predicted molar refractivity (Wildman–Crippen MR) is 135 cm³/mol. The molecule has 1 fully saturated rings. The van der Waals surface area contributed by atoms with Gasteiger partial charge in [-0.1, -0.05) is 30.3 Å². The molecule has 1 aliphatic rings. The quantitative estimate of drug-likeness (QED) is 0.254. The number of hydrogen-bond acceptors (Lipinski definition) is 7. The average molecular weight is 520 g/mol. The van der Waals surface area contributed by atoms with Gasteiger partial charge in [-0.05, 0) is 33.4 Å². The second kappa shape index (κ2) is 14.6. The van der Waals surface area contributed by atoms with Crippen molar-refractivity contribution in [1.82, 2.24) is 36.5 Å². The zero-order valence-electron chi connectivity index (χ0n) is 21.7. The molecule has 0 bridgehead atoms. The third-order valence-corrected chi connectivity index (χ3v) is 5.71. The number of imide groups is 1. The summed E-state index contributed by atoms with van der Waals surface area (Å²) in [7, 11) is 1.80. The number of benzene rings is 1. The van der Waals surface area contributed by atoms with Crippen LogP contribution in [0.3, 0.4) is 0 Å². The van der Waals surface area contributed by atoms with E-state index in [9.17, 15) is 24.0 Å². The monoisotopic (exact) mass is 519 g/mol. The topological polar surface area (TPSA) is 161 Å². The van der Waals surface area contributed by atoms with Crippen molar-refractivity contribution in [2.75, 3.05) is 26.7 Å². The highest BCUT2D eigenvalue weighted by molar-refractivity contribution is 6.01. The molecule has 3 atom stereocenters. The van der Waals surface area contributed by atoms with E-state index in [0.29, 0.717) is 11.6 Å². The molecule has 2 rings (SSSR count). The molecular formula is C24H37N7O6. The number of carbonyl (C=O) groups is 5. The fourth-order valence-corrected chi connectivity index (χ4v) is 3.34. The van der Waals surface area contributed by atoms with Crippen LogP contribution >= 0.6 is 0 Å². The number of nitrogens with one attached hydrogen (secondary N) is 5. The van der Waals surface area contributed by atoms with E-state index < -0.39 is 30.0 Å². The minimum atomic E-state index is -0.966. The number of hydroxylamine groups is 2. The van der Waals surface area contributed by atoms with Crippen LogP contribution in [0.1, 0.15) is 39.2 Å². The lowest BCUT2D eigenvalue weighted by molar-refractivity contribution is -0.171. The first-order valence-electron chi connectivity index (χ1n) is 12.2. The van der Waals surface area contributed by atoms with Crippen molar-refractivity contribution in [2.45, 2.75) is 58.3 Å². The number of urea groups is 2. The van der Waals surface area contributed by atoms with Crippen LogP contribution in [0.2, 0.25) is 0 Å². The highest BCUT2D eigenvalue weighted by Gasteiger charge is 2.33. The molecule has 1 aromatic rings. The Labute approximate surface area is 216 Å². The van der Waals surface area contributed by atoms with Crippen LogP contribution in [-0.2, 0) is 21.0 Å². The highest BCUT2D eigenvalue weighted by atomic mass is 16.7. The van der Waals surface area contributed by atoms with Crippen LogP contribution in [0.4, 0.5) is 14.4 Å². The normalized spacial score (nSPS) is 15.4. The van der Waals surface area contributed by atoms with E-state index in [0.717, 1.165) is 5.56 Å².